The maximum absolute atomic E-state index is 2.54. The number of allylic oxidation sites excluding steroid dienone is 4. The van der Waals surface area contributed by atoms with E-state index in [4.69, 9.17) is 0 Å². The van der Waals surface area contributed by atoms with Gasteiger partial charge in [-0.1, -0.05) is 164 Å². The molecule has 2 atom stereocenters. The molecule has 0 saturated carbocycles. The third-order valence-electron chi connectivity index (χ3n) is 11.7. The van der Waals surface area contributed by atoms with Crippen molar-refractivity contribution < 1.29 is 0 Å². The van der Waals surface area contributed by atoms with Crippen molar-refractivity contribution in [2.75, 3.05) is 4.90 Å². The molecule has 1 nitrogen and oxygen atoms in total. The minimum atomic E-state index is -0.484. The van der Waals surface area contributed by atoms with Gasteiger partial charge in [0.05, 0.1) is 16.8 Å². The summed E-state index contributed by atoms with van der Waals surface area (Å²) in [5.41, 5.74) is 19.0. The molecule has 11 rings (SSSR count). The SMILES string of the molecule is C1=CC2c3ccccc3C3(c4ccccc4-c4ccccc43)c3cc(N4c5ccccc5-c5ccccc5-c5ccccc54)ccc3C2C=C1. The van der Waals surface area contributed by atoms with E-state index in [1.54, 1.807) is 0 Å². The van der Waals surface area contributed by atoms with Crippen LogP contribution in [0.3, 0.4) is 0 Å². The fraction of sp³-hybridized carbons (Fsp3) is 0.0612. The van der Waals surface area contributed by atoms with Crippen LogP contribution >= 0.6 is 0 Å². The molecule has 234 valence electrons. The van der Waals surface area contributed by atoms with Crippen LogP contribution in [0.15, 0.2) is 188 Å². The minimum absolute atomic E-state index is 0.220. The van der Waals surface area contributed by atoms with Crippen LogP contribution in [0, 0.1) is 0 Å². The Balaban J connectivity index is 1.28. The first kappa shape index (κ1) is 27.7. The van der Waals surface area contributed by atoms with E-state index in [2.05, 4.69) is 193 Å². The summed E-state index contributed by atoms with van der Waals surface area (Å²) in [5.74, 6) is 0.465. The molecule has 0 radical (unpaired) electrons. The Morgan fingerprint density at radius 3 is 1.38 bits per heavy atom. The van der Waals surface area contributed by atoms with Crippen LogP contribution in [0.2, 0.25) is 0 Å². The van der Waals surface area contributed by atoms with Crippen LogP contribution in [0.25, 0.3) is 33.4 Å². The van der Waals surface area contributed by atoms with Gasteiger partial charge in [0.1, 0.15) is 0 Å². The van der Waals surface area contributed by atoms with Gasteiger partial charge >= 0.3 is 0 Å². The van der Waals surface area contributed by atoms with Crippen molar-refractivity contribution in [2.45, 2.75) is 17.3 Å². The monoisotopic (exact) mass is 635 g/mol. The van der Waals surface area contributed by atoms with Gasteiger partial charge in [0.25, 0.3) is 0 Å². The van der Waals surface area contributed by atoms with E-state index in [-0.39, 0.29) is 11.8 Å². The first-order valence-corrected chi connectivity index (χ1v) is 17.7. The number of hydrogen-bond acceptors (Lipinski definition) is 1. The molecule has 3 aliphatic carbocycles. The van der Waals surface area contributed by atoms with E-state index in [0.717, 1.165) is 0 Å². The van der Waals surface area contributed by atoms with Gasteiger partial charge in [0.15, 0.2) is 0 Å². The number of hydrogen-bond donors (Lipinski definition) is 0. The fourth-order valence-electron chi connectivity index (χ4n) is 9.74. The van der Waals surface area contributed by atoms with E-state index in [0.29, 0.717) is 0 Å². The lowest BCUT2D eigenvalue weighted by Crippen LogP contribution is -2.30. The summed E-state index contributed by atoms with van der Waals surface area (Å²) in [6.07, 6.45) is 9.34. The van der Waals surface area contributed by atoms with E-state index in [1.807, 2.05) is 0 Å². The zero-order valence-corrected chi connectivity index (χ0v) is 27.5. The third-order valence-corrected chi connectivity index (χ3v) is 11.7. The highest BCUT2D eigenvalue weighted by molar-refractivity contribution is 6.02. The van der Waals surface area contributed by atoms with Gasteiger partial charge in [-0.15, -0.1) is 0 Å². The van der Waals surface area contributed by atoms with Gasteiger partial charge in [-0.05, 0) is 79.9 Å². The molecular formula is C49H33N. The van der Waals surface area contributed by atoms with Gasteiger partial charge in [-0.3, -0.25) is 0 Å². The maximum Gasteiger partial charge on any atom is 0.0720 e. The summed E-state index contributed by atoms with van der Waals surface area (Å²) in [4.78, 5) is 2.51. The summed E-state index contributed by atoms with van der Waals surface area (Å²) >= 11 is 0. The quantitative estimate of drug-likeness (QED) is 0.173. The van der Waals surface area contributed by atoms with E-state index in [1.165, 1.54) is 83.8 Å². The Labute approximate surface area is 293 Å². The highest BCUT2D eigenvalue weighted by Gasteiger charge is 2.51. The van der Waals surface area contributed by atoms with Crippen LogP contribution in [0.1, 0.15) is 45.2 Å². The van der Waals surface area contributed by atoms with Gasteiger partial charge < -0.3 is 4.90 Å². The molecule has 4 aliphatic rings. The number of fused-ring (bicyclic) bond motifs is 17. The topological polar surface area (TPSA) is 3.24 Å². The predicted molar refractivity (Wildman–Crippen MR) is 207 cm³/mol. The molecule has 0 N–H and O–H groups in total. The second kappa shape index (κ2) is 10.4. The largest absolute Gasteiger partial charge is 0.309 e. The molecule has 2 unspecified atom stereocenters. The smallest absolute Gasteiger partial charge is 0.0720 e. The average Bonchev–Trinajstić information content (AvgIpc) is 3.35. The van der Waals surface area contributed by atoms with E-state index < -0.39 is 5.41 Å². The lowest BCUT2D eigenvalue weighted by molar-refractivity contribution is 0.732. The zero-order chi connectivity index (χ0) is 32.8. The Hall–Kier alpha value is -6.18. The molecule has 1 heterocycles. The highest BCUT2D eigenvalue weighted by Crippen LogP contribution is 2.62. The minimum Gasteiger partial charge on any atom is -0.309 e. The zero-order valence-electron chi connectivity index (χ0n) is 27.5. The second-order valence-electron chi connectivity index (χ2n) is 13.9. The molecule has 50 heavy (non-hydrogen) atoms. The summed E-state index contributed by atoms with van der Waals surface area (Å²) in [6, 6.07) is 61.6. The Kier molecular flexibility index (Phi) is 5.77. The van der Waals surface area contributed by atoms with Crippen LogP contribution < -0.4 is 4.90 Å². The molecular weight excluding hydrogens is 603 g/mol. The van der Waals surface area contributed by atoms with Crippen molar-refractivity contribution in [1.29, 1.82) is 0 Å². The fourth-order valence-corrected chi connectivity index (χ4v) is 9.74. The Morgan fingerprint density at radius 2 is 0.800 bits per heavy atom. The molecule has 0 saturated heterocycles. The van der Waals surface area contributed by atoms with Crippen molar-refractivity contribution in [3.63, 3.8) is 0 Å². The van der Waals surface area contributed by atoms with Crippen molar-refractivity contribution in [3.05, 3.63) is 221 Å². The summed E-state index contributed by atoms with van der Waals surface area (Å²) in [5, 5.41) is 0. The van der Waals surface area contributed by atoms with E-state index in [9.17, 15) is 0 Å². The molecule has 7 aromatic carbocycles. The number of benzene rings is 7. The van der Waals surface area contributed by atoms with Crippen LogP contribution in [-0.4, -0.2) is 0 Å². The number of nitrogens with zero attached hydrogens (tertiary/aromatic N) is 1. The van der Waals surface area contributed by atoms with Crippen molar-refractivity contribution >= 4 is 17.1 Å². The molecule has 0 aromatic heterocycles. The molecule has 0 fully saturated rings. The van der Waals surface area contributed by atoms with Crippen LogP contribution in [0.4, 0.5) is 17.1 Å². The molecule has 1 aliphatic heterocycles. The first-order chi connectivity index (χ1) is 24.8. The average molecular weight is 636 g/mol. The third kappa shape index (κ3) is 3.56. The number of para-hydroxylation sites is 2. The molecule has 0 amide bonds. The highest BCUT2D eigenvalue weighted by atomic mass is 15.1. The summed E-state index contributed by atoms with van der Waals surface area (Å²) in [6.45, 7) is 0. The van der Waals surface area contributed by atoms with Gasteiger partial charge in [0, 0.05) is 28.7 Å². The lowest BCUT2D eigenvalue weighted by Gasteiger charge is -2.37. The summed E-state index contributed by atoms with van der Waals surface area (Å²) < 4.78 is 0. The van der Waals surface area contributed by atoms with Crippen molar-refractivity contribution in [1.82, 2.24) is 0 Å². The second-order valence-corrected chi connectivity index (χ2v) is 13.9. The standard InChI is InChI=1S/C49H33N/c1-2-16-34-33(15-1)37-19-5-10-24-43(37)49(44-25-11-6-20-38(44)39-21-7-12-26-45(39)49)46-31-32(29-30-40(34)46)50-47-27-13-8-22-41(47)35-17-3-4-18-36(35)42-23-9-14-28-48(42)50/h1-31,33-34H. The van der Waals surface area contributed by atoms with Crippen molar-refractivity contribution in [2.24, 2.45) is 0 Å². The molecule has 1 heteroatoms. The number of rotatable bonds is 1. The van der Waals surface area contributed by atoms with Crippen LogP contribution in [-0.2, 0) is 5.41 Å². The Morgan fingerprint density at radius 1 is 0.360 bits per heavy atom. The molecule has 1 spiro atoms. The van der Waals surface area contributed by atoms with Gasteiger partial charge in [-0.25, -0.2) is 0 Å². The maximum atomic E-state index is 2.54. The predicted octanol–water partition coefficient (Wildman–Crippen LogP) is 12.5. The summed E-state index contributed by atoms with van der Waals surface area (Å²) in [7, 11) is 0. The lowest BCUT2D eigenvalue weighted by atomic mass is 9.66. The van der Waals surface area contributed by atoms with Crippen LogP contribution in [0.5, 0.6) is 0 Å². The van der Waals surface area contributed by atoms with Gasteiger partial charge in [0.2, 0.25) is 0 Å². The van der Waals surface area contributed by atoms with Gasteiger partial charge in [-0.2, -0.15) is 0 Å². The first-order valence-electron chi connectivity index (χ1n) is 17.7. The van der Waals surface area contributed by atoms with Crippen molar-refractivity contribution in [3.8, 4) is 33.4 Å². The Bertz CT molecular complexity index is 2470. The molecule has 7 aromatic rings. The van der Waals surface area contributed by atoms with E-state index >= 15 is 0 Å². The molecule has 0 bridgehead atoms. The number of anilines is 3. The normalized spacial score (nSPS) is 18.0.